The first kappa shape index (κ1) is 14.3. The Balaban J connectivity index is 1.66. The predicted octanol–water partition coefficient (Wildman–Crippen LogP) is 1.03. The number of methoxy groups -OCH3 is 1. The number of nitrogens with zero attached hydrogens (tertiary/aromatic N) is 2. The van der Waals surface area contributed by atoms with Gasteiger partial charge in [0.25, 0.3) is 0 Å². The van der Waals surface area contributed by atoms with Gasteiger partial charge in [-0.25, -0.2) is 4.68 Å². The van der Waals surface area contributed by atoms with Gasteiger partial charge in [-0.2, -0.15) is 5.10 Å². The van der Waals surface area contributed by atoms with E-state index in [1.165, 1.54) is 0 Å². The molecule has 0 radical (unpaired) electrons. The maximum absolute atomic E-state index is 11.9. The van der Waals surface area contributed by atoms with E-state index in [4.69, 9.17) is 4.74 Å². The van der Waals surface area contributed by atoms with Crippen LogP contribution in [0.4, 0.5) is 0 Å². The van der Waals surface area contributed by atoms with Crippen molar-refractivity contribution in [2.75, 3.05) is 13.7 Å². The van der Waals surface area contributed by atoms with E-state index >= 15 is 0 Å². The van der Waals surface area contributed by atoms with Crippen LogP contribution in [0.1, 0.15) is 5.56 Å². The largest absolute Gasteiger partial charge is 0.494 e. The Morgan fingerprint density at radius 3 is 3.14 bits per heavy atom. The van der Waals surface area contributed by atoms with E-state index in [-0.39, 0.29) is 11.9 Å². The average Bonchev–Trinajstić information content (AvgIpc) is 3.24. The lowest BCUT2D eigenvalue weighted by molar-refractivity contribution is -0.122. The molecule has 1 aliphatic heterocycles. The Morgan fingerprint density at radius 1 is 1.50 bits per heavy atom. The van der Waals surface area contributed by atoms with Crippen molar-refractivity contribution in [1.29, 1.82) is 0 Å². The van der Waals surface area contributed by atoms with Gasteiger partial charge < -0.3 is 10.1 Å². The van der Waals surface area contributed by atoms with Crippen LogP contribution in [0.3, 0.4) is 0 Å². The second kappa shape index (κ2) is 6.44. The summed E-state index contributed by atoms with van der Waals surface area (Å²) in [6, 6.07) is 7.43. The molecule has 1 atom stereocenters. The van der Waals surface area contributed by atoms with E-state index in [1.807, 2.05) is 42.6 Å². The van der Waals surface area contributed by atoms with Crippen molar-refractivity contribution in [1.82, 2.24) is 20.4 Å². The standard InChI is InChI=1S/C16H18N4O2/c1-22-15-7-3-2-6-14(15)20-11-12(10-19-20)9-18-16(21)13-5-4-8-17-13/h2-7,10-11,13,17H,8-9H2,1H3,(H,18,21). The molecule has 1 unspecified atom stereocenters. The smallest absolute Gasteiger partial charge is 0.241 e. The molecule has 1 aromatic heterocycles. The Bertz CT molecular complexity index is 693. The average molecular weight is 298 g/mol. The maximum Gasteiger partial charge on any atom is 0.241 e. The second-order valence-electron chi connectivity index (χ2n) is 5.00. The fourth-order valence-electron chi connectivity index (χ4n) is 2.35. The van der Waals surface area contributed by atoms with Gasteiger partial charge in [0, 0.05) is 24.8 Å². The summed E-state index contributed by atoms with van der Waals surface area (Å²) in [5, 5.41) is 10.3. The Morgan fingerprint density at radius 2 is 2.36 bits per heavy atom. The summed E-state index contributed by atoms with van der Waals surface area (Å²) in [6.45, 7) is 1.18. The van der Waals surface area contributed by atoms with E-state index in [1.54, 1.807) is 18.0 Å². The topological polar surface area (TPSA) is 68.2 Å². The summed E-state index contributed by atoms with van der Waals surface area (Å²) in [4.78, 5) is 11.9. The number of hydrogen-bond acceptors (Lipinski definition) is 4. The van der Waals surface area contributed by atoms with Gasteiger partial charge in [0.1, 0.15) is 17.5 Å². The number of para-hydroxylation sites is 2. The number of ether oxygens (including phenoxy) is 1. The summed E-state index contributed by atoms with van der Waals surface area (Å²) in [5.41, 5.74) is 1.80. The van der Waals surface area contributed by atoms with Gasteiger partial charge in [0.05, 0.1) is 13.3 Å². The first-order valence-electron chi connectivity index (χ1n) is 7.12. The molecule has 1 aromatic carbocycles. The number of benzene rings is 1. The van der Waals surface area contributed by atoms with Crippen LogP contribution in [0.25, 0.3) is 5.69 Å². The third kappa shape index (κ3) is 3.01. The number of aromatic nitrogens is 2. The van der Waals surface area contributed by atoms with Gasteiger partial charge in [-0.3, -0.25) is 10.1 Å². The van der Waals surface area contributed by atoms with Gasteiger partial charge in [0.15, 0.2) is 0 Å². The lowest BCUT2D eigenvalue weighted by Crippen LogP contribution is -2.40. The molecule has 114 valence electrons. The molecule has 0 bridgehead atoms. The Hall–Kier alpha value is -2.60. The third-order valence-corrected chi connectivity index (χ3v) is 3.50. The van der Waals surface area contributed by atoms with E-state index < -0.39 is 0 Å². The molecule has 2 aromatic rings. The van der Waals surface area contributed by atoms with Crippen LogP contribution < -0.4 is 15.4 Å². The van der Waals surface area contributed by atoms with Crippen LogP contribution in [-0.4, -0.2) is 35.4 Å². The second-order valence-corrected chi connectivity index (χ2v) is 5.00. The number of nitrogens with one attached hydrogen (secondary N) is 2. The molecule has 22 heavy (non-hydrogen) atoms. The molecular weight excluding hydrogens is 280 g/mol. The van der Waals surface area contributed by atoms with Gasteiger partial charge in [-0.15, -0.1) is 0 Å². The Kier molecular flexibility index (Phi) is 4.20. The van der Waals surface area contributed by atoms with E-state index in [0.717, 1.165) is 23.5 Å². The molecule has 1 amide bonds. The normalized spacial score (nSPS) is 16.7. The van der Waals surface area contributed by atoms with Crippen LogP contribution >= 0.6 is 0 Å². The number of rotatable bonds is 5. The van der Waals surface area contributed by atoms with Crippen LogP contribution in [0.15, 0.2) is 48.8 Å². The number of hydrogen-bond donors (Lipinski definition) is 2. The third-order valence-electron chi connectivity index (χ3n) is 3.50. The number of carbonyl (C=O) groups excluding carboxylic acids is 1. The molecule has 2 heterocycles. The number of carbonyl (C=O) groups is 1. The van der Waals surface area contributed by atoms with E-state index in [0.29, 0.717) is 6.54 Å². The molecule has 6 heteroatoms. The SMILES string of the molecule is COc1ccccc1-n1cc(CNC(=O)C2C=CCN2)cn1. The summed E-state index contributed by atoms with van der Waals surface area (Å²) in [5.74, 6) is 0.722. The van der Waals surface area contributed by atoms with Crippen molar-refractivity contribution < 1.29 is 9.53 Å². The Labute approximate surface area is 128 Å². The summed E-state index contributed by atoms with van der Waals surface area (Å²) in [6.07, 6.45) is 7.44. The van der Waals surface area contributed by atoms with Crippen LogP contribution in [-0.2, 0) is 11.3 Å². The predicted molar refractivity (Wildman–Crippen MR) is 82.9 cm³/mol. The fourth-order valence-corrected chi connectivity index (χ4v) is 2.35. The molecule has 0 saturated heterocycles. The number of amides is 1. The summed E-state index contributed by atoms with van der Waals surface area (Å²) >= 11 is 0. The van der Waals surface area contributed by atoms with E-state index in [9.17, 15) is 4.79 Å². The molecule has 0 spiro atoms. The minimum absolute atomic E-state index is 0.0289. The van der Waals surface area contributed by atoms with Crippen molar-refractivity contribution in [2.45, 2.75) is 12.6 Å². The van der Waals surface area contributed by atoms with Gasteiger partial charge >= 0.3 is 0 Å². The quantitative estimate of drug-likeness (QED) is 0.809. The molecule has 3 rings (SSSR count). The molecular formula is C16H18N4O2. The molecule has 0 aliphatic carbocycles. The molecule has 2 N–H and O–H groups in total. The van der Waals surface area contributed by atoms with Crippen LogP contribution in [0, 0.1) is 0 Å². The molecule has 0 fully saturated rings. The summed E-state index contributed by atoms with van der Waals surface area (Å²) in [7, 11) is 1.63. The van der Waals surface area contributed by atoms with Crippen molar-refractivity contribution >= 4 is 5.91 Å². The van der Waals surface area contributed by atoms with Crippen molar-refractivity contribution in [3.05, 3.63) is 54.4 Å². The minimum Gasteiger partial charge on any atom is -0.494 e. The first-order chi connectivity index (χ1) is 10.8. The monoisotopic (exact) mass is 298 g/mol. The highest BCUT2D eigenvalue weighted by Crippen LogP contribution is 2.21. The highest BCUT2D eigenvalue weighted by Gasteiger charge is 2.17. The van der Waals surface area contributed by atoms with Crippen molar-refractivity contribution in [3.8, 4) is 11.4 Å². The zero-order valence-electron chi connectivity index (χ0n) is 12.3. The molecule has 6 nitrogen and oxygen atoms in total. The summed E-state index contributed by atoms with van der Waals surface area (Å²) < 4.78 is 7.07. The zero-order valence-corrected chi connectivity index (χ0v) is 12.3. The molecule has 0 saturated carbocycles. The lowest BCUT2D eigenvalue weighted by atomic mass is 10.2. The fraction of sp³-hybridized carbons (Fsp3) is 0.250. The van der Waals surface area contributed by atoms with Crippen molar-refractivity contribution in [3.63, 3.8) is 0 Å². The minimum atomic E-state index is -0.232. The van der Waals surface area contributed by atoms with Crippen molar-refractivity contribution in [2.24, 2.45) is 0 Å². The van der Waals surface area contributed by atoms with Gasteiger partial charge in [0.2, 0.25) is 5.91 Å². The maximum atomic E-state index is 11.9. The first-order valence-corrected chi connectivity index (χ1v) is 7.12. The highest BCUT2D eigenvalue weighted by atomic mass is 16.5. The van der Waals surface area contributed by atoms with Gasteiger partial charge in [-0.1, -0.05) is 24.3 Å². The highest BCUT2D eigenvalue weighted by molar-refractivity contribution is 5.84. The van der Waals surface area contributed by atoms with E-state index in [2.05, 4.69) is 15.7 Å². The molecule has 1 aliphatic rings. The lowest BCUT2D eigenvalue weighted by Gasteiger charge is -2.09. The van der Waals surface area contributed by atoms with Gasteiger partial charge in [-0.05, 0) is 12.1 Å². The zero-order chi connectivity index (χ0) is 15.4. The van der Waals surface area contributed by atoms with Crippen LogP contribution in [0.2, 0.25) is 0 Å². The van der Waals surface area contributed by atoms with Crippen LogP contribution in [0.5, 0.6) is 5.75 Å².